The highest BCUT2D eigenvalue weighted by molar-refractivity contribution is 6.02. The molecule has 11 heteroatoms. The highest BCUT2D eigenvalue weighted by Crippen LogP contribution is 2.32. The molecule has 1 aliphatic rings. The fraction of sp³-hybridized carbons (Fsp3) is 0.476. The summed E-state index contributed by atoms with van der Waals surface area (Å²) in [7, 11) is 1.55. The summed E-state index contributed by atoms with van der Waals surface area (Å²) in [6, 6.07) is 4.49. The van der Waals surface area contributed by atoms with E-state index in [0.29, 0.717) is 23.6 Å². The molecule has 1 saturated heterocycles. The highest BCUT2D eigenvalue weighted by atomic mass is 19.4. The summed E-state index contributed by atoms with van der Waals surface area (Å²) >= 11 is 0. The fourth-order valence-corrected chi connectivity index (χ4v) is 3.59. The van der Waals surface area contributed by atoms with Crippen molar-refractivity contribution in [2.45, 2.75) is 38.9 Å². The first kappa shape index (κ1) is 23.7. The highest BCUT2D eigenvalue weighted by Gasteiger charge is 2.34. The third-order valence-electron chi connectivity index (χ3n) is 5.32. The molecule has 0 bridgehead atoms. The second-order valence-electron chi connectivity index (χ2n) is 7.80. The van der Waals surface area contributed by atoms with Gasteiger partial charge >= 0.3 is 6.18 Å². The second-order valence-corrected chi connectivity index (χ2v) is 7.80. The maximum Gasteiger partial charge on any atom is 0.419 e. The first-order valence-electron chi connectivity index (χ1n) is 10.4. The lowest BCUT2D eigenvalue weighted by molar-refractivity contribution is -0.139. The third kappa shape index (κ3) is 5.84. The van der Waals surface area contributed by atoms with Gasteiger partial charge < -0.3 is 15.5 Å². The number of likely N-dealkylation sites (N-methyl/N-ethyl adjacent to an activating group) is 1. The molecular weight excluding hydrogens is 426 g/mol. The lowest BCUT2D eigenvalue weighted by atomic mass is 10.1. The molecule has 1 unspecified atom stereocenters. The number of piperidine rings is 1. The van der Waals surface area contributed by atoms with Crippen LogP contribution in [0.25, 0.3) is 0 Å². The zero-order valence-corrected chi connectivity index (χ0v) is 18.2. The van der Waals surface area contributed by atoms with Gasteiger partial charge in [0.25, 0.3) is 0 Å². The third-order valence-corrected chi connectivity index (χ3v) is 5.32. The van der Waals surface area contributed by atoms with Gasteiger partial charge in [-0.05, 0) is 51.1 Å². The number of halogens is 4. The largest absolute Gasteiger partial charge is 0.419 e. The van der Waals surface area contributed by atoms with Gasteiger partial charge in [-0.3, -0.25) is 10.3 Å². The van der Waals surface area contributed by atoms with Crippen molar-refractivity contribution < 1.29 is 17.6 Å². The van der Waals surface area contributed by atoms with E-state index in [2.05, 4.69) is 32.4 Å². The van der Waals surface area contributed by atoms with Gasteiger partial charge in [-0.15, -0.1) is 0 Å². The molecular formula is C21H27F4N7. The van der Waals surface area contributed by atoms with Crippen LogP contribution < -0.4 is 15.5 Å². The Kier molecular flexibility index (Phi) is 7.17. The number of benzene rings is 1. The average molecular weight is 453 g/mol. The van der Waals surface area contributed by atoms with Crippen LogP contribution in [0, 0.1) is 18.2 Å². The predicted octanol–water partition coefficient (Wildman–Crippen LogP) is 4.32. The van der Waals surface area contributed by atoms with Crippen molar-refractivity contribution in [3.05, 3.63) is 41.3 Å². The number of alkyl halides is 3. The first-order valence-corrected chi connectivity index (χ1v) is 10.4. The predicted molar refractivity (Wildman–Crippen MR) is 117 cm³/mol. The van der Waals surface area contributed by atoms with Crippen LogP contribution >= 0.6 is 0 Å². The molecule has 1 aliphatic heterocycles. The Morgan fingerprint density at radius 1 is 1.28 bits per heavy atom. The maximum atomic E-state index is 13.8. The molecule has 32 heavy (non-hydrogen) atoms. The van der Waals surface area contributed by atoms with Crippen LogP contribution in [0.15, 0.2) is 24.3 Å². The van der Waals surface area contributed by atoms with Crippen molar-refractivity contribution in [2.75, 3.05) is 42.2 Å². The van der Waals surface area contributed by atoms with Crippen LogP contribution in [-0.2, 0) is 6.18 Å². The Hall–Kier alpha value is -2.95. The molecule has 1 fully saturated rings. The SMILES string of the molecule is CCN1CCCC(Nc2cc(C)nc(N(C)C(=N)Nc3ccc(C(F)(F)F)c(F)c3)n2)C1. The minimum absolute atomic E-state index is 0.0141. The Bertz CT molecular complexity index is 964. The number of hydrogen-bond donors (Lipinski definition) is 3. The number of rotatable bonds is 5. The van der Waals surface area contributed by atoms with E-state index in [9.17, 15) is 17.6 Å². The summed E-state index contributed by atoms with van der Waals surface area (Å²) in [6.07, 6.45) is -2.65. The maximum absolute atomic E-state index is 13.8. The van der Waals surface area contributed by atoms with Crippen LogP contribution in [0.4, 0.5) is 35.0 Å². The van der Waals surface area contributed by atoms with Gasteiger partial charge in [0.05, 0.1) is 5.56 Å². The van der Waals surface area contributed by atoms with Crippen molar-refractivity contribution in [1.29, 1.82) is 5.41 Å². The molecule has 0 saturated carbocycles. The lowest BCUT2D eigenvalue weighted by Gasteiger charge is -2.32. The average Bonchev–Trinajstić information content (AvgIpc) is 2.72. The van der Waals surface area contributed by atoms with E-state index < -0.39 is 17.6 Å². The van der Waals surface area contributed by atoms with Gasteiger partial charge in [0.15, 0.2) is 0 Å². The van der Waals surface area contributed by atoms with Crippen LogP contribution in [0.2, 0.25) is 0 Å². The topological polar surface area (TPSA) is 80.2 Å². The van der Waals surface area contributed by atoms with Crippen LogP contribution in [0.5, 0.6) is 0 Å². The number of nitrogens with one attached hydrogen (secondary N) is 3. The second kappa shape index (κ2) is 9.68. The molecule has 0 spiro atoms. The Balaban J connectivity index is 1.71. The summed E-state index contributed by atoms with van der Waals surface area (Å²) in [5, 5.41) is 14.2. The Morgan fingerprint density at radius 3 is 2.69 bits per heavy atom. The molecule has 3 N–H and O–H groups in total. The number of anilines is 3. The summed E-state index contributed by atoms with van der Waals surface area (Å²) in [5.41, 5.74) is -0.647. The van der Waals surface area contributed by atoms with Gasteiger partial charge in [0, 0.05) is 37.1 Å². The molecule has 1 aromatic heterocycles. The van der Waals surface area contributed by atoms with E-state index in [4.69, 9.17) is 5.41 Å². The monoisotopic (exact) mass is 453 g/mol. The van der Waals surface area contributed by atoms with E-state index in [1.807, 2.05) is 13.0 Å². The zero-order chi connectivity index (χ0) is 23.5. The van der Waals surface area contributed by atoms with Crippen LogP contribution in [0.1, 0.15) is 31.0 Å². The molecule has 0 amide bonds. The van der Waals surface area contributed by atoms with Crippen molar-refractivity contribution in [2.24, 2.45) is 0 Å². The smallest absolute Gasteiger partial charge is 0.366 e. The molecule has 1 atom stereocenters. The number of likely N-dealkylation sites (tertiary alicyclic amines) is 1. The number of hydrogen-bond acceptors (Lipinski definition) is 5. The summed E-state index contributed by atoms with van der Waals surface area (Å²) in [5.74, 6) is -0.753. The van der Waals surface area contributed by atoms with E-state index in [0.717, 1.165) is 38.5 Å². The molecule has 3 rings (SSSR count). The van der Waals surface area contributed by atoms with Crippen molar-refractivity contribution in [3.8, 4) is 0 Å². The summed E-state index contributed by atoms with van der Waals surface area (Å²) in [4.78, 5) is 12.5. The number of aromatic nitrogens is 2. The first-order chi connectivity index (χ1) is 15.1. The van der Waals surface area contributed by atoms with Gasteiger partial charge in [0.1, 0.15) is 11.6 Å². The Labute approximate surface area is 184 Å². The molecule has 2 heterocycles. The number of nitrogens with zero attached hydrogens (tertiary/aromatic N) is 4. The van der Waals surface area contributed by atoms with Crippen LogP contribution in [0.3, 0.4) is 0 Å². The normalized spacial score (nSPS) is 17.2. The molecule has 1 aromatic carbocycles. The van der Waals surface area contributed by atoms with E-state index in [1.165, 1.54) is 4.90 Å². The Morgan fingerprint density at radius 2 is 2.03 bits per heavy atom. The zero-order valence-electron chi connectivity index (χ0n) is 18.2. The van der Waals surface area contributed by atoms with Crippen molar-refractivity contribution >= 4 is 23.4 Å². The molecule has 174 valence electrons. The van der Waals surface area contributed by atoms with Gasteiger partial charge in [0.2, 0.25) is 11.9 Å². The van der Waals surface area contributed by atoms with Crippen molar-refractivity contribution in [3.63, 3.8) is 0 Å². The van der Waals surface area contributed by atoms with Gasteiger partial charge in [-0.25, -0.2) is 9.37 Å². The number of guanidine groups is 1. The van der Waals surface area contributed by atoms with Gasteiger partial charge in [-0.2, -0.15) is 18.2 Å². The van der Waals surface area contributed by atoms with E-state index in [1.54, 1.807) is 7.05 Å². The summed E-state index contributed by atoms with van der Waals surface area (Å²) < 4.78 is 52.0. The molecule has 7 nitrogen and oxygen atoms in total. The van der Waals surface area contributed by atoms with Crippen molar-refractivity contribution in [1.82, 2.24) is 14.9 Å². The molecule has 2 aromatic rings. The molecule has 0 aliphatic carbocycles. The number of aryl methyl sites for hydroxylation is 1. The fourth-order valence-electron chi connectivity index (χ4n) is 3.59. The molecule has 0 radical (unpaired) electrons. The minimum Gasteiger partial charge on any atom is -0.366 e. The quantitative estimate of drug-likeness (QED) is 0.356. The van der Waals surface area contributed by atoms with Crippen LogP contribution in [-0.4, -0.2) is 53.6 Å². The van der Waals surface area contributed by atoms with Gasteiger partial charge in [-0.1, -0.05) is 6.92 Å². The summed E-state index contributed by atoms with van der Waals surface area (Å²) in [6.45, 7) is 6.93. The minimum atomic E-state index is -4.78. The van der Waals surface area contributed by atoms with E-state index in [-0.39, 0.29) is 23.6 Å². The lowest BCUT2D eigenvalue weighted by Crippen LogP contribution is -2.42. The van der Waals surface area contributed by atoms with E-state index >= 15 is 0 Å². The standard InChI is InChI=1S/C21H27F4N7/c1-4-32-9-5-6-15(12-32)28-18-10-13(2)27-20(30-18)31(3)19(26)29-14-7-8-16(17(22)11-14)21(23,24)25/h7-8,10-11,15H,4-6,9,12H2,1-3H3,(H2,26,29)(H,27,28,30).